The van der Waals surface area contributed by atoms with Gasteiger partial charge in [0.2, 0.25) is 0 Å². The minimum Gasteiger partial charge on any atom is -0.496 e. The van der Waals surface area contributed by atoms with Gasteiger partial charge in [-0.05, 0) is 58.5 Å². The molecule has 0 saturated carbocycles. The van der Waals surface area contributed by atoms with E-state index >= 15 is 0 Å². The number of carbonyl (C=O) groups is 1. The molecule has 2 nitrogen and oxygen atoms in total. The molecule has 19 heavy (non-hydrogen) atoms. The highest BCUT2D eigenvalue weighted by molar-refractivity contribution is 14.1. The van der Waals surface area contributed by atoms with Gasteiger partial charge in [-0.1, -0.05) is 23.7 Å². The fourth-order valence-electron chi connectivity index (χ4n) is 1.78. The average Bonchev–Trinajstić information content (AvgIpc) is 2.41. The van der Waals surface area contributed by atoms with Gasteiger partial charge in [0.05, 0.1) is 12.7 Å². The van der Waals surface area contributed by atoms with Crippen LogP contribution in [-0.2, 0) is 6.42 Å². The van der Waals surface area contributed by atoms with Crippen LogP contribution in [0, 0.1) is 3.57 Å². The van der Waals surface area contributed by atoms with Crippen LogP contribution in [0.5, 0.6) is 5.75 Å². The highest BCUT2D eigenvalue weighted by Gasteiger charge is 2.13. The van der Waals surface area contributed by atoms with E-state index < -0.39 is 0 Å². The number of Topliss-reactive ketones (excluding diaryl/α,β-unsaturated/α-hetero) is 1. The van der Waals surface area contributed by atoms with E-state index in [1.165, 1.54) is 0 Å². The largest absolute Gasteiger partial charge is 0.496 e. The molecule has 0 fully saturated rings. The summed E-state index contributed by atoms with van der Waals surface area (Å²) in [5.41, 5.74) is 1.56. The van der Waals surface area contributed by atoms with Crippen LogP contribution < -0.4 is 4.74 Å². The van der Waals surface area contributed by atoms with E-state index in [2.05, 4.69) is 22.6 Å². The number of halogens is 2. The number of methoxy groups -OCH3 is 1. The van der Waals surface area contributed by atoms with Crippen molar-refractivity contribution in [1.29, 1.82) is 0 Å². The lowest BCUT2D eigenvalue weighted by Gasteiger charge is -2.08. The normalized spacial score (nSPS) is 10.3. The molecule has 0 N–H and O–H groups in total. The quantitative estimate of drug-likeness (QED) is 0.576. The minimum atomic E-state index is 0.0395. The molecule has 4 heteroatoms. The molecule has 0 radical (unpaired) electrons. The van der Waals surface area contributed by atoms with Crippen LogP contribution in [0.1, 0.15) is 15.9 Å². The Balaban J connectivity index is 2.24. The van der Waals surface area contributed by atoms with E-state index in [1.54, 1.807) is 19.2 Å². The van der Waals surface area contributed by atoms with Crippen LogP contribution >= 0.6 is 34.2 Å². The number of benzene rings is 2. The molecular formula is C15H12ClIO2. The Morgan fingerprint density at radius 2 is 1.89 bits per heavy atom. The number of ether oxygens (including phenoxy) is 1. The Hall–Kier alpha value is -1.07. The van der Waals surface area contributed by atoms with Crippen LogP contribution in [0.3, 0.4) is 0 Å². The molecule has 0 bridgehead atoms. The van der Waals surface area contributed by atoms with Crippen molar-refractivity contribution in [2.24, 2.45) is 0 Å². The van der Waals surface area contributed by atoms with Gasteiger partial charge in [0, 0.05) is 15.0 Å². The first-order chi connectivity index (χ1) is 9.10. The third kappa shape index (κ3) is 3.70. The van der Waals surface area contributed by atoms with Gasteiger partial charge in [-0.3, -0.25) is 4.79 Å². The van der Waals surface area contributed by atoms with E-state index in [1.807, 2.05) is 30.3 Å². The fraction of sp³-hybridized carbons (Fsp3) is 0.133. The molecule has 0 aromatic heterocycles. The number of carbonyl (C=O) groups excluding carboxylic acids is 1. The number of hydrogen-bond donors (Lipinski definition) is 0. The summed E-state index contributed by atoms with van der Waals surface area (Å²) in [6.45, 7) is 0. The van der Waals surface area contributed by atoms with Gasteiger partial charge >= 0.3 is 0 Å². The second-order valence-corrected chi connectivity index (χ2v) is 5.75. The average molecular weight is 387 g/mol. The molecule has 2 aromatic rings. The molecule has 0 aliphatic carbocycles. The highest BCUT2D eigenvalue weighted by atomic mass is 127. The van der Waals surface area contributed by atoms with Crippen molar-refractivity contribution in [3.05, 3.63) is 62.2 Å². The topological polar surface area (TPSA) is 26.3 Å². The zero-order valence-corrected chi connectivity index (χ0v) is 13.2. The van der Waals surface area contributed by atoms with Crippen LogP contribution in [0.25, 0.3) is 0 Å². The zero-order chi connectivity index (χ0) is 13.8. The van der Waals surface area contributed by atoms with Crippen molar-refractivity contribution in [3.8, 4) is 5.75 Å². The maximum Gasteiger partial charge on any atom is 0.170 e. The van der Waals surface area contributed by atoms with Gasteiger partial charge in [0.1, 0.15) is 5.75 Å². The Morgan fingerprint density at radius 1 is 1.21 bits per heavy atom. The molecule has 2 rings (SSSR count). The van der Waals surface area contributed by atoms with E-state index in [0.29, 0.717) is 22.8 Å². The van der Waals surface area contributed by atoms with Crippen LogP contribution in [0.2, 0.25) is 5.02 Å². The first-order valence-corrected chi connectivity index (χ1v) is 7.17. The van der Waals surface area contributed by atoms with Crippen LogP contribution in [0.15, 0.2) is 42.5 Å². The molecule has 0 spiro atoms. The van der Waals surface area contributed by atoms with E-state index in [0.717, 1.165) is 9.13 Å². The van der Waals surface area contributed by atoms with Gasteiger partial charge in [-0.25, -0.2) is 0 Å². The zero-order valence-electron chi connectivity index (χ0n) is 10.3. The molecule has 0 amide bonds. The lowest BCUT2D eigenvalue weighted by atomic mass is 10.0. The van der Waals surface area contributed by atoms with Crippen molar-refractivity contribution in [2.75, 3.05) is 7.11 Å². The SMILES string of the molecule is COc1ccc(I)cc1C(=O)Cc1ccc(Cl)cc1. The lowest BCUT2D eigenvalue weighted by molar-refractivity contribution is 0.0990. The molecule has 0 atom stereocenters. The third-order valence-electron chi connectivity index (χ3n) is 2.74. The van der Waals surface area contributed by atoms with Crippen LogP contribution in [-0.4, -0.2) is 12.9 Å². The maximum atomic E-state index is 12.3. The number of hydrogen-bond acceptors (Lipinski definition) is 2. The molecular weight excluding hydrogens is 375 g/mol. The maximum absolute atomic E-state index is 12.3. The second kappa shape index (κ2) is 6.39. The van der Waals surface area contributed by atoms with E-state index in [9.17, 15) is 4.79 Å². The Kier molecular flexibility index (Phi) is 4.82. The summed E-state index contributed by atoms with van der Waals surface area (Å²) in [6, 6.07) is 12.9. The van der Waals surface area contributed by atoms with Gasteiger partial charge in [-0.2, -0.15) is 0 Å². The Bertz CT molecular complexity index is 594. The molecule has 2 aromatic carbocycles. The van der Waals surface area contributed by atoms with Gasteiger partial charge in [0.15, 0.2) is 5.78 Å². The highest BCUT2D eigenvalue weighted by Crippen LogP contribution is 2.23. The van der Waals surface area contributed by atoms with Crippen LogP contribution in [0.4, 0.5) is 0 Å². The monoisotopic (exact) mass is 386 g/mol. The summed E-state index contributed by atoms with van der Waals surface area (Å²) in [5, 5.41) is 0.669. The third-order valence-corrected chi connectivity index (χ3v) is 3.66. The number of rotatable bonds is 4. The summed E-state index contributed by atoms with van der Waals surface area (Å²) < 4.78 is 6.24. The molecule has 0 aliphatic rings. The molecule has 0 saturated heterocycles. The first kappa shape index (κ1) is 14.3. The standard InChI is InChI=1S/C15H12ClIO2/c1-19-15-7-6-12(17)9-13(15)14(18)8-10-2-4-11(16)5-3-10/h2-7,9H,8H2,1H3. The van der Waals surface area contributed by atoms with Crippen molar-refractivity contribution in [2.45, 2.75) is 6.42 Å². The number of ketones is 1. The summed E-state index contributed by atoms with van der Waals surface area (Å²) in [6.07, 6.45) is 0.341. The molecule has 0 heterocycles. The fourth-order valence-corrected chi connectivity index (χ4v) is 2.40. The van der Waals surface area contributed by atoms with E-state index in [-0.39, 0.29) is 5.78 Å². The van der Waals surface area contributed by atoms with Gasteiger partial charge in [-0.15, -0.1) is 0 Å². The minimum absolute atomic E-state index is 0.0395. The summed E-state index contributed by atoms with van der Waals surface area (Å²) in [4.78, 5) is 12.3. The van der Waals surface area contributed by atoms with Crippen molar-refractivity contribution in [1.82, 2.24) is 0 Å². The molecule has 0 aliphatic heterocycles. The van der Waals surface area contributed by atoms with Crippen molar-refractivity contribution in [3.63, 3.8) is 0 Å². The summed E-state index contributed by atoms with van der Waals surface area (Å²) in [7, 11) is 1.57. The van der Waals surface area contributed by atoms with Crippen molar-refractivity contribution < 1.29 is 9.53 Å². The summed E-state index contributed by atoms with van der Waals surface area (Å²) >= 11 is 8.01. The first-order valence-electron chi connectivity index (χ1n) is 5.71. The molecule has 0 unspecified atom stereocenters. The van der Waals surface area contributed by atoms with Gasteiger partial charge < -0.3 is 4.74 Å². The predicted molar refractivity (Wildman–Crippen MR) is 85.2 cm³/mol. The second-order valence-electron chi connectivity index (χ2n) is 4.07. The van der Waals surface area contributed by atoms with E-state index in [4.69, 9.17) is 16.3 Å². The smallest absolute Gasteiger partial charge is 0.170 e. The lowest BCUT2D eigenvalue weighted by Crippen LogP contribution is -2.06. The molecule has 98 valence electrons. The summed E-state index contributed by atoms with van der Waals surface area (Å²) in [5.74, 6) is 0.650. The predicted octanol–water partition coefficient (Wildman–Crippen LogP) is 4.38. The van der Waals surface area contributed by atoms with Gasteiger partial charge in [0.25, 0.3) is 0 Å². The Morgan fingerprint density at radius 3 is 2.53 bits per heavy atom. The Labute approximate surface area is 130 Å². The van der Waals surface area contributed by atoms with Crippen molar-refractivity contribution >= 4 is 40.0 Å².